The molecule has 18 heavy (non-hydrogen) atoms. The lowest BCUT2D eigenvalue weighted by atomic mass is 10.1. The van der Waals surface area contributed by atoms with Crippen molar-refractivity contribution < 1.29 is 14.6 Å². The summed E-state index contributed by atoms with van der Waals surface area (Å²) in [5.41, 5.74) is 1.51. The number of carbonyl (C=O) groups is 1. The van der Waals surface area contributed by atoms with E-state index < -0.39 is 12.0 Å². The predicted molar refractivity (Wildman–Crippen MR) is 66.0 cm³/mol. The van der Waals surface area contributed by atoms with Gasteiger partial charge in [-0.2, -0.15) is 5.26 Å². The van der Waals surface area contributed by atoms with Gasteiger partial charge in [-0.15, -0.1) is 0 Å². The standard InChI is InChI=1S/C13H16N2O3/c1-9(15-12(8-18-2)13(16)17)11-5-3-10(7-14)4-6-11/h3-6,9,12,15H,8H2,1-2H3,(H,16,17). The maximum absolute atomic E-state index is 11.0. The number of hydrogen-bond acceptors (Lipinski definition) is 4. The maximum atomic E-state index is 11.0. The Hall–Kier alpha value is -1.90. The average Bonchev–Trinajstić information content (AvgIpc) is 2.38. The van der Waals surface area contributed by atoms with Gasteiger partial charge in [-0.05, 0) is 24.6 Å². The number of carboxylic acids is 1. The molecule has 0 aromatic heterocycles. The van der Waals surface area contributed by atoms with E-state index in [1.807, 2.05) is 25.1 Å². The number of rotatable bonds is 6. The number of hydrogen-bond donors (Lipinski definition) is 2. The number of nitriles is 1. The summed E-state index contributed by atoms with van der Waals surface area (Å²) in [4.78, 5) is 11.0. The molecule has 1 rings (SSSR count). The molecule has 0 aliphatic carbocycles. The lowest BCUT2D eigenvalue weighted by Crippen LogP contribution is -2.41. The van der Waals surface area contributed by atoms with Crippen molar-refractivity contribution in [1.29, 1.82) is 5.26 Å². The van der Waals surface area contributed by atoms with Crippen LogP contribution in [0.15, 0.2) is 24.3 Å². The Morgan fingerprint density at radius 1 is 1.50 bits per heavy atom. The number of aliphatic carboxylic acids is 1. The first-order valence-electron chi connectivity index (χ1n) is 5.56. The lowest BCUT2D eigenvalue weighted by Gasteiger charge is -2.19. The van der Waals surface area contributed by atoms with E-state index in [4.69, 9.17) is 15.1 Å². The molecule has 0 bridgehead atoms. The van der Waals surface area contributed by atoms with Gasteiger partial charge in [0.15, 0.2) is 0 Å². The first-order chi connectivity index (χ1) is 8.58. The third-order valence-corrected chi connectivity index (χ3v) is 2.62. The molecule has 0 amide bonds. The van der Waals surface area contributed by atoms with E-state index in [-0.39, 0.29) is 12.6 Å². The largest absolute Gasteiger partial charge is 0.480 e. The molecule has 0 saturated heterocycles. The van der Waals surface area contributed by atoms with E-state index >= 15 is 0 Å². The van der Waals surface area contributed by atoms with E-state index in [9.17, 15) is 4.79 Å². The molecule has 0 heterocycles. The van der Waals surface area contributed by atoms with Crippen LogP contribution >= 0.6 is 0 Å². The molecule has 0 spiro atoms. The third-order valence-electron chi connectivity index (χ3n) is 2.62. The Balaban J connectivity index is 2.71. The minimum absolute atomic E-state index is 0.107. The summed E-state index contributed by atoms with van der Waals surface area (Å²) >= 11 is 0. The molecule has 2 atom stereocenters. The van der Waals surface area contributed by atoms with Gasteiger partial charge in [0, 0.05) is 13.2 Å². The second-order valence-corrected chi connectivity index (χ2v) is 3.97. The monoisotopic (exact) mass is 248 g/mol. The van der Waals surface area contributed by atoms with Crippen LogP contribution in [0.25, 0.3) is 0 Å². The number of nitrogens with zero attached hydrogens (tertiary/aromatic N) is 1. The number of methoxy groups -OCH3 is 1. The highest BCUT2D eigenvalue weighted by Gasteiger charge is 2.19. The smallest absolute Gasteiger partial charge is 0.323 e. The summed E-state index contributed by atoms with van der Waals surface area (Å²) in [7, 11) is 1.46. The molecule has 2 unspecified atom stereocenters. The second-order valence-electron chi connectivity index (χ2n) is 3.97. The van der Waals surface area contributed by atoms with E-state index in [1.54, 1.807) is 12.1 Å². The van der Waals surface area contributed by atoms with E-state index in [1.165, 1.54) is 7.11 Å². The van der Waals surface area contributed by atoms with Crippen LogP contribution in [0.1, 0.15) is 24.1 Å². The Morgan fingerprint density at radius 2 is 2.11 bits per heavy atom. The van der Waals surface area contributed by atoms with Crippen molar-refractivity contribution in [3.63, 3.8) is 0 Å². The van der Waals surface area contributed by atoms with Gasteiger partial charge < -0.3 is 9.84 Å². The predicted octanol–water partition coefficient (Wildman–Crippen LogP) is 1.31. The Labute approximate surface area is 106 Å². The Kier molecular flexibility index (Phi) is 5.31. The summed E-state index contributed by atoms with van der Waals surface area (Å²) in [6, 6.07) is 8.19. The summed E-state index contributed by atoms with van der Waals surface area (Å²) in [5.74, 6) is -0.947. The minimum Gasteiger partial charge on any atom is -0.480 e. The number of carboxylic acid groups (broad SMARTS) is 1. The lowest BCUT2D eigenvalue weighted by molar-refractivity contribution is -0.141. The van der Waals surface area contributed by atoms with Crippen molar-refractivity contribution in [2.24, 2.45) is 0 Å². The van der Waals surface area contributed by atoms with E-state index in [0.717, 1.165) is 5.56 Å². The fourth-order valence-electron chi connectivity index (χ4n) is 1.60. The van der Waals surface area contributed by atoms with Gasteiger partial charge >= 0.3 is 5.97 Å². The van der Waals surface area contributed by atoms with Gasteiger partial charge in [0.05, 0.1) is 18.2 Å². The Morgan fingerprint density at radius 3 is 2.56 bits per heavy atom. The molecule has 1 aromatic carbocycles. The first-order valence-corrected chi connectivity index (χ1v) is 5.56. The van der Waals surface area contributed by atoms with Crippen LogP contribution in [-0.2, 0) is 9.53 Å². The SMILES string of the molecule is COCC(NC(C)c1ccc(C#N)cc1)C(=O)O. The fraction of sp³-hybridized carbons (Fsp3) is 0.385. The van der Waals surface area contributed by atoms with Crippen LogP contribution in [0.4, 0.5) is 0 Å². The van der Waals surface area contributed by atoms with Gasteiger partial charge in [0.2, 0.25) is 0 Å². The zero-order valence-electron chi connectivity index (χ0n) is 10.4. The zero-order chi connectivity index (χ0) is 13.5. The fourth-order valence-corrected chi connectivity index (χ4v) is 1.60. The topological polar surface area (TPSA) is 82.3 Å². The molecule has 0 radical (unpaired) electrons. The maximum Gasteiger partial charge on any atom is 0.323 e. The van der Waals surface area contributed by atoms with Gasteiger partial charge in [0.1, 0.15) is 6.04 Å². The number of benzene rings is 1. The van der Waals surface area contributed by atoms with Crippen LogP contribution in [0.5, 0.6) is 0 Å². The molecule has 2 N–H and O–H groups in total. The van der Waals surface area contributed by atoms with Crippen molar-refractivity contribution in [3.8, 4) is 6.07 Å². The summed E-state index contributed by atoms with van der Waals surface area (Å²) < 4.78 is 4.85. The molecule has 0 aliphatic rings. The van der Waals surface area contributed by atoms with Crippen LogP contribution in [-0.4, -0.2) is 30.8 Å². The molecule has 1 aromatic rings. The van der Waals surface area contributed by atoms with Crippen LogP contribution in [0.2, 0.25) is 0 Å². The second kappa shape index (κ2) is 6.74. The highest BCUT2D eigenvalue weighted by molar-refractivity contribution is 5.73. The van der Waals surface area contributed by atoms with Crippen LogP contribution in [0, 0.1) is 11.3 Å². The first kappa shape index (κ1) is 14.2. The van der Waals surface area contributed by atoms with E-state index in [0.29, 0.717) is 5.56 Å². The minimum atomic E-state index is -0.947. The molecular formula is C13H16N2O3. The van der Waals surface area contributed by atoms with E-state index in [2.05, 4.69) is 5.32 Å². The number of ether oxygens (including phenoxy) is 1. The van der Waals surface area contributed by atoms with Crippen LogP contribution in [0.3, 0.4) is 0 Å². The van der Waals surface area contributed by atoms with Gasteiger partial charge in [-0.3, -0.25) is 10.1 Å². The summed E-state index contributed by atoms with van der Waals surface area (Å²) in [6.45, 7) is 1.98. The molecule has 5 heteroatoms. The molecule has 5 nitrogen and oxygen atoms in total. The normalized spacial score (nSPS) is 13.6. The summed E-state index contributed by atoms with van der Waals surface area (Å²) in [6.07, 6.45) is 0. The van der Waals surface area contributed by atoms with Crippen molar-refractivity contribution in [1.82, 2.24) is 5.32 Å². The molecular weight excluding hydrogens is 232 g/mol. The van der Waals surface area contributed by atoms with Gasteiger partial charge in [-0.25, -0.2) is 0 Å². The molecule has 96 valence electrons. The highest BCUT2D eigenvalue weighted by atomic mass is 16.5. The quantitative estimate of drug-likeness (QED) is 0.793. The average molecular weight is 248 g/mol. The van der Waals surface area contributed by atoms with Crippen molar-refractivity contribution in [2.45, 2.75) is 19.0 Å². The van der Waals surface area contributed by atoms with Crippen molar-refractivity contribution >= 4 is 5.97 Å². The van der Waals surface area contributed by atoms with Gasteiger partial charge in [-0.1, -0.05) is 12.1 Å². The molecule has 0 fully saturated rings. The molecule has 0 aliphatic heterocycles. The van der Waals surface area contributed by atoms with Crippen molar-refractivity contribution in [3.05, 3.63) is 35.4 Å². The Bertz CT molecular complexity index is 437. The van der Waals surface area contributed by atoms with Gasteiger partial charge in [0.25, 0.3) is 0 Å². The van der Waals surface area contributed by atoms with Crippen LogP contribution < -0.4 is 5.32 Å². The third kappa shape index (κ3) is 3.84. The number of nitrogens with one attached hydrogen (secondary N) is 1. The van der Waals surface area contributed by atoms with Crippen molar-refractivity contribution in [2.75, 3.05) is 13.7 Å². The summed E-state index contributed by atoms with van der Waals surface area (Å²) in [5, 5.41) is 20.7. The molecule has 0 saturated carbocycles. The highest BCUT2D eigenvalue weighted by Crippen LogP contribution is 2.13. The zero-order valence-corrected chi connectivity index (χ0v) is 10.4.